The predicted octanol–water partition coefficient (Wildman–Crippen LogP) is 4.78. The van der Waals surface area contributed by atoms with Gasteiger partial charge in [-0.1, -0.05) is 24.3 Å². The molecular formula is C20H18FNO2. The lowest BCUT2D eigenvalue weighted by atomic mass is 9.94. The molecule has 0 radical (unpaired) electrons. The Balaban J connectivity index is 1.66. The minimum atomic E-state index is -0.264. The molecule has 0 N–H and O–H groups in total. The lowest BCUT2D eigenvalue weighted by Gasteiger charge is -2.41. The van der Waals surface area contributed by atoms with Gasteiger partial charge >= 0.3 is 0 Å². The molecule has 1 saturated heterocycles. The van der Waals surface area contributed by atoms with Gasteiger partial charge in [-0.25, -0.2) is 4.39 Å². The number of amides is 1. The molecule has 1 aliphatic rings. The van der Waals surface area contributed by atoms with Crippen molar-refractivity contribution in [2.45, 2.75) is 26.3 Å². The van der Waals surface area contributed by atoms with Crippen LogP contribution in [0, 0.1) is 19.7 Å². The molecule has 122 valence electrons. The van der Waals surface area contributed by atoms with Crippen LogP contribution < -0.4 is 0 Å². The molecule has 0 aliphatic carbocycles. The van der Waals surface area contributed by atoms with Gasteiger partial charge in [0, 0.05) is 17.5 Å². The summed E-state index contributed by atoms with van der Waals surface area (Å²) in [6.07, 6.45) is 0.885. The number of halogens is 1. The van der Waals surface area contributed by atoms with Gasteiger partial charge in [0.1, 0.15) is 11.4 Å². The minimum absolute atomic E-state index is 0.00699. The lowest BCUT2D eigenvalue weighted by molar-refractivity contribution is 0.0429. The highest BCUT2D eigenvalue weighted by molar-refractivity contribution is 5.99. The van der Waals surface area contributed by atoms with Crippen LogP contribution in [0.5, 0.6) is 0 Å². The van der Waals surface area contributed by atoms with Gasteiger partial charge in [0.05, 0.1) is 6.04 Å². The SMILES string of the molecule is Cc1ccc2c(C)c(C(=O)N3CC[C@H]3c3ccc(F)cc3)oc2c1. The Labute approximate surface area is 139 Å². The number of carbonyl (C=O) groups excluding carboxylic acids is 1. The molecule has 1 atom stereocenters. The Morgan fingerprint density at radius 2 is 1.92 bits per heavy atom. The van der Waals surface area contributed by atoms with Crippen molar-refractivity contribution in [2.75, 3.05) is 6.54 Å². The van der Waals surface area contributed by atoms with Gasteiger partial charge in [-0.2, -0.15) is 0 Å². The number of carbonyl (C=O) groups is 1. The number of nitrogens with zero attached hydrogens (tertiary/aromatic N) is 1. The van der Waals surface area contributed by atoms with Crippen molar-refractivity contribution in [3.63, 3.8) is 0 Å². The van der Waals surface area contributed by atoms with E-state index >= 15 is 0 Å². The first-order valence-corrected chi connectivity index (χ1v) is 8.11. The molecule has 1 aliphatic heterocycles. The van der Waals surface area contributed by atoms with Gasteiger partial charge in [0.2, 0.25) is 0 Å². The molecule has 4 rings (SSSR count). The normalized spacial score (nSPS) is 17.1. The molecule has 2 aromatic carbocycles. The van der Waals surface area contributed by atoms with E-state index in [9.17, 15) is 9.18 Å². The van der Waals surface area contributed by atoms with Crippen LogP contribution in [0.1, 0.15) is 39.7 Å². The first-order chi connectivity index (χ1) is 11.5. The Kier molecular flexibility index (Phi) is 3.41. The van der Waals surface area contributed by atoms with Crippen LogP contribution in [-0.2, 0) is 0 Å². The summed E-state index contributed by atoms with van der Waals surface area (Å²) in [6, 6.07) is 12.3. The van der Waals surface area contributed by atoms with E-state index in [-0.39, 0.29) is 17.8 Å². The number of hydrogen-bond acceptors (Lipinski definition) is 2. The quantitative estimate of drug-likeness (QED) is 0.680. The molecule has 1 fully saturated rings. The zero-order chi connectivity index (χ0) is 16.8. The van der Waals surface area contributed by atoms with Gasteiger partial charge in [-0.05, 0) is 49.6 Å². The van der Waals surface area contributed by atoms with E-state index < -0.39 is 0 Å². The summed E-state index contributed by atoms with van der Waals surface area (Å²) in [5.74, 6) is 0.0452. The molecule has 1 aromatic heterocycles. The van der Waals surface area contributed by atoms with E-state index in [0.717, 1.165) is 34.1 Å². The van der Waals surface area contributed by atoms with E-state index in [1.165, 1.54) is 12.1 Å². The molecule has 0 bridgehead atoms. The van der Waals surface area contributed by atoms with E-state index in [1.54, 1.807) is 17.0 Å². The number of fused-ring (bicyclic) bond motifs is 1. The van der Waals surface area contributed by atoms with Crippen LogP contribution in [0.2, 0.25) is 0 Å². The van der Waals surface area contributed by atoms with Crippen molar-refractivity contribution < 1.29 is 13.6 Å². The van der Waals surface area contributed by atoms with Gasteiger partial charge in [0.15, 0.2) is 5.76 Å². The fourth-order valence-corrected chi connectivity index (χ4v) is 3.33. The predicted molar refractivity (Wildman–Crippen MR) is 90.5 cm³/mol. The zero-order valence-corrected chi connectivity index (χ0v) is 13.7. The molecule has 4 heteroatoms. The van der Waals surface area contributed by atoms with E-state index in [1.807, 2.05) is 32.0 Å². The highest BCUT2D eigenvalue weighted by atomic mass is 19.1. The van der Waals surface area contributed by atoms with Crippen molar-refractivity contribution in [1.29, 1.82) is 0 Å². The summed E-state index contributed by atoms with van der Waals surface area (Å²) >= 11 is 0. The molecule has 2 heterocycles. The average molecular weight is 323 g/mol. The van der Waals surface area contributed by atoms with E-state index in [4.69, 9.17) is 4.42 Å². The standard InChI is InChI=1S/C20H18FNO2/c1-12-3-8-16-13(2)19(24-18(16)11-12)20(23)22-10-9-17(22)14-4-6-15(21)7-5-14/h3-8,11,17H,9-10H2,1-2H3/t17-/m0/s1. The first-order valence-electron chi connectivity index (χ1n) is 8.11. The Bertz CT molecular complexity index is 927. The molecule has 1 amide bonds. The highest BCUT2D eigenvalue weighted by Gasteiger charge is 2.36. The second kappa shape index (κ2) is 5.48. The number of likely N-dealkylation sites (tertiary alicyclic amines) is 1. The van der Waals surface area contributed by atoms with E-state index in [0.29, 0.717) is 12.3 Å². The zero-order valence-electron chi connectivity index (χ0n) is 13.7. The van der Waals surface area contributed by atoms with Gasteiger partial charge in [-0.15, -0.1) is 0 Å². The number of aryl methyl sites for hydroxylation is 2. The maximum Gasteiger partial charge on any atom is 0.290 e. The first kappa shape index (κ1) is 14.9. The Morgan fingerprint density at radius 1 is 1.17 bits per heavy atom. The Morgan fingerprint density at radius 3 is 2.58 bits per heavy atom. The summed E-state index contributed by atoms with van der Waals surface area (Å²) in [5, 5.41) is 0.975. The molecule has 3 nitrogen and oxygen atoms in total. The summed E-state index contributed by atoms with van der Waals surface area (Å²) in [4.78, 5) is 14.7. The molecule has 0 saturated carbocycles. The molecular weight excluding hydrogens is 305 g/mol. The maximum atomic E-state index is 13.1. The van der Waals surface area contributed by atoms with Crippen LogP contribution in [0.3, 0.4) is 0 Å². The van der Waals surface area contributed by atoms with Crippen LogP contribution >= 0.6 is 0 Å². The van der Waals surface area contributed by atoms with Crippen molar-refractivity contribution >= 4 is 16.9 Å². The Hall–Kier alpha value is -2.62. The number of rotatable bonds is 2. The topological polar surface area (TPSA) is 33.5 Å². The summed E-state index contributed by atoms with van der Waals surface area (Å²) in [6.45, 7) is 4.61. The van der Waals surface area contributed by atoms with Crippen molar-refractivity contribution in [1.82, 2.24) is 4.90 Å². The molecule has 3 aromatic rings. The van der Waals surface area contributed by atoms with Gasteiger partial charge in [0.25, 0.3) is 5.91 Å². The summed E-state index contributed by atoms with van der Waals surface area (Å²) in [7, 11) is 0. The smallest absolute Gasteiger partial charge is 0.290 e. The lowest BCUT2D eigenvalue weighted by Crippen LogP contribution is -2.45. The number of benzene rings is 2. The fraction of sp³-hybridized carbons (Fsp3) is 0.250. The second-order valence-corrected chi connectivity index (χ2v) is 6.41. The van der Waals surface area contributed by atoms with Gasteiger partial charge < -0.3 is 9.32 Å². The number of furan rings is 1. The molecule has 0 unspecified atom stereocenters. The molecule has 0 spiro atoms. The third-order valence-electron chi connectivity index (χ3n) is 4.82. The van der Waals surface area contributed by atoms with Gasteiger partial charge in [-0.3, -0.25) is 4.79 Å². The average Bonchev–Trinajstić information content (AvgIpc) is 2.84. The van der Waals surface area contributed by atoms with Crippen LogP contribution in [0.4, 0.5) is 4.39 Å². The fourth-order valence-electron chi connectivity index (χ4n) is 3.33. The maximum absolute atomic E-state index is 13.1. The molecule has 24 heavy (non-hydrogen) atoms. The van der Waals surface area contributed by atoms with Crippen molar-refractivity contribution in [2.24, 2.45) is 0 Å². The second-order valence-electron chi connectivity index (χ2n) is 6.41. The summed E-state index contributed by atoms with van der Waals surface area (Å²) in [5.41, 5.74) is 3.68. The van der Waals surface area contributed by atoms with E-state index in [2.05, 4.69) is 0 Å². The third-order valence-corrected chi connectivity index (χ3v) is 4.82. The van der Waals surface area contributed by atoms with Crippen LogP contribution in [0.25, 0.3) is 11.0 Å². The van der Waals surface area contributed by atoms with Crippen molar-refractivity contribution in [3.05, 3.63) is 70.7 Å². The monoisotopic (exact) mass is 323 g/mol. The third kappa shape index (κ3) is 2.30. The largest absolute Gasteiger partial charge is 0.451 e. The van der Waals surface area contributed by atoms with Crippen LogP contribution in [-0.4, -0.2) is 17.4 Å². The van der Waals surface area contributed by atoms with Crippen LogP contribution in [0.15, 0.2) is 46.9 Å². The summed E-state index contributed by atoms with van der Waals surface area (Å²) < 4.78 is 19.0. The minimum Gasteiger partial charge on any atom is -0.451 e. The number of hydrogen-bond donors (Lipinski definition) is 0. The highest BCUT2D eigenvalue weighted by Crippen LogP contribution is 2.36. The van der Waals surface area contributed by atoms with Crippen molar-refractivity contribution in [3.8, 4) is 0 Å².